The van der Waals surface area contributed by atoms with E-state index >= 15 is 0 Å². The first-order chi connectivity index (χ1) is 11.0. The Balaban J connectivity index is 2.69. The molecule has 0 bridgehead atoms. The zero-order valence-electron chi connectivity index (χ0n) is 14.2. The molecule has 6 nitrogen and oxygen atoms in total. The lowest BCUT2D eigenvalue weighted by molar-refractivity contribution is -0.136. The molecule has 0 aliphatic carbocycles. The maximum atomic E-state index is 11.5. The summed E-state index contributed by atoms with van der Waals surface area (Å²) < 4.78 is 5.28. The van der Waals surface area contributed by atoms with Gasteiger partial charge in [0.2, 0.25) is 0 Å². The second-order valence-corrected chi connectivity index (χ2v) is 6.22. The third kappa shape index (κ3) is 7.14. The number of carboxylic acids is 2. The molecule has 0 spiro atoms. The van der Waals surface area contributed by atoms with E-state index in [9.17, 15) is 19.8 Å². The molecule has 1 rings (SSSR count). The molecule has 1 aliphatic rings. The molecular formula is C17H29NO5. The van der Waals surface area contributed by atoms with E-state index in [-0.39, 0.29) is 17.1 Å². The van der Waals surface area contributed by atoms with Gasteiger partial charge in [-0.05, 0) is 31.7 Å². The van der Waals surface area contributed by atoms with Gasteiger partial charge in [-0.15, -0.1) is 0 Å². The van der Waals surface area contributed by atoms with E-state index in [4.69, 9.17) is 4.74 Å². The number of carbonyl (C=O) groups is 2. The van der Waals surface area contributed by atoms with Crippen LogP contribution in [0, 0.1) is 5.92 Å². The Morgan fingerprint density at radius 2 is 1.74 bits per heavy atom. The smallest absolute Gasteiger partial charge is 0.332 e. The molecule has 0 radical (unpaired) electrons. The number of hydrogen-bond acceptors (Lipinski definition) is 4. The molecule has 1 saturated heterocycles. The van der Waals surface area contributed by atoms with Crippen LogP contribution in [0.4, 0.5) is 0 Å². The minimum Gasteiger partial charge on any atom is -0.478 e. The fraction of sp³-hybridized carbons (Fsp3) is 0.765. The van der Waals surface area contributed by atoms with Crippen LogP contribution in [-0.2, 0) is 14.3 Å². The molecule has 6 heteroatoms. The highest BCUT2D eigenvalue weighted by atomic mass is 16.5. The quantitative estimate of drug-likeness (QED) is 0.599. The molecule has 1 atom stereocenters. The molecular weight excluding hydrogens is 298 g/mol. The maximum Gasteiger partial charge on any atom is 0.332 e. The van der Waals surface area contributed by atoms with Gasteiger partial charge < -0.3 is 14.9 Å². The topological polar surface area (TPSA) is 87.1 Å². The van der Waals surface area contributed by atoms with Crippen LogP contribution in [0.25, 0.3) is 0 Å². The largest absolute Gasteiger partial charge is 0.478 e. The minimum absolute atomic E-state index is 0.0636. The third-order valence-electron chi connectivity index (χ3n) is 4.22. The zero-order chi connectivity index (χ0) is 17.2. The van der Waals surface area contributed by atoms with Crippen molar-refractivity contribution in [2.24, 2.45) is 5.92 Å². The van der Waals surface area contributed by atoms with Crippen molar-refractivity contribution in [3.63, 3.8) is 0 Å². The number of nitrogens with zero attached hydrogens (tertiary/aromatic N) is 1. The Morgan fingerprint density at radius 3 is 2.26 bits per heavy atom. The monoisotopic (exact) mass is 327 g/mol. The Morgan fingerprint density at radius 1 is 1.13 bits per heavy atom. The van der Waals surface area contributed by atoms with Crippen LogP contribution >= 0.6 is 0 Å². The Labute approximate surface area is 138 Å². The zero-order valence-corrected chi connectivity index (χ0v) is 14.2. The average Bonchev–Trinajstić information content (AvgIpc) is 2.50. The lowest BCUT2D eigenvalue weighted by Crippen LogP contribution is -2.36. The van der Waals surface area contributed by atoms with Crippen LogP contribution in [0.1, 0.15) is 46.0 Å². The van der Waals surface area contributed by atoms with Crippen LogP contribution in [0.5, 0.6) is 0 Å². The summed E-state index contributed by atoms with van der Waals surface area (Å²) >= 11 is 0. The summed E-state index contributed by atoms with van der Waals surface area (Å²) in [7, 11) is 0. The molecule has 1 unspecified atom stereocenters. The number of aliphatic carboxylic acids is 2. The van der Waals surface area contributed by atoms with Crippen molar-refractivity contribution in [3.05, 3.63) is 11.1 Å². The van der Waals surface area contributed by atoms with Gasteiger partial charge in [-0.1, -0.05) is 26.7 Å². The number of morpholine rings is 1. The molecule has 132 valence electrons. The van der Waals surface area contributed by atoms with Gasteiger partial charge in [-0.2, -0.15) is 0 Å². The van der Waals surface area contributed by atoms with Crippen molar-refractivity contribution in [1.29, 1.82) is 0 Å². The second-order valence-electron chi connectivity index (χ2n) is 6.22. The average molecular weight is 327 g/mol. The minimum atomic E-state index is -1.10. The van der Waals surface area contributed by atoms with Crippen LogP contribution < -0.4 is 0 Å². The fourth-order valence-corrected chi connectivity index (χ4v) is 2.97. The van der Waals surface area contributed by atoms with Crippen LogP contribution in [0.3, 0.4) is 0 Å². The van der Waals surface area contributed by atoms with Gasteiger partial charge in [0.1, 0.15) is 0 Å². The van der Waals surface area contributed by atoms with Crippen molar-refractivity contribution in [2.45, 2.75) is 46.0 Å². The fourth-order valence-electron chi connectivity index (χ4n) is 2.97. The molecule has 1 aliphatic heterocycles. The van der Waals surface area contributed by atoms with Crippen LogP contribution in [0.2, 0.25) is 0 Å². The summed E-state index contributed by atoms with van der Waals surface area (Å²) in [6.07, 6.45) is 3.14. The number of ether oxygens (including phenoxy) is 1. The number of rotatable bonds is 10. The van der Waals surface area contributed by atoms with E-state index in [1.54, 1.807) is 0 Å². The van der Waals surface area contributed by atoms with Crippen molar-refractivity contribution in [2.75, 3.05) is 32.8 Å². The Kier molecular flexibility index (Phi) is 8.87. The maximum absolute atomic E-state index is 11.5. The molecule has 0 saturated carbocycles. The van der Waals surface area contributed by atoms with E-state index < -0.39 is 11.9 Å². The number of hydrogen-bond donors (Lipinski definition) is 2. The number of carboxylic acid groups (broad SMARTS) is 2. The molecule has 23 heavy (non-hydrogen) atoms. The Hall–Kier alpha value is -1.40. The lowest BCUT2D eigenvalue weighted by Gasteiger charge is -2.26. The second kappa shape index (κ2) is 10.4. The van der Waals surface area contributed by atoms with E-state index in [1.807, 2.05) is 13.8 Å². The van der Waals surface area contributed by atoms with Crippen molar-refractivity contribution < 1.29 is 24.5 Å². The van der Waals surface area contributed by atoms with Crippen molar-refractivity contribution >= 4 is 11.9 Å². The normalized spacial score (nSPS) is 18.3. The van der Waals surface area contributed by atoms with Gasteiger partial charge in [0, 0.05) is 24.2 Å². The summed E-state index contributed by atoms with van der Waals surface area (Å²) in [5.74, 6) is -2.02. The SMILES string of the molecule is CCCC(C)CC(C(=O)O)=C(CCCN1CCOCC1)C(=O)O. The van der Waals surface area contributed by atoms with E-state index in [1.165, 1.54) is 0 Å². The van der Waals surface area contributed by atoms with Gasteiger partial charge >= 0.3 is 11.9 Å². The third-order valence-corrected chi connectivity index (χ3v) is 4.22. The van der Waals surface area contributed by atoms with Crippen molar-refractivity contribution in [3.8, 4) is 0 Å². The van der Waals surface area contributed by atoms with E-state index in [2.05, 4.69) is 4.90 Å². The molecule has 2 N–H and O–H groups in total. The predicted molar refractivity (Wildman–Crippen MR) is 87.5 cm³/mol. The lowest BCUT2D eigenvalue weighted by atomic mass is 9.92. The van der Waals surface area contributed by atoms with Gasteiger partial charge in [0.25, 0.3) is 0 Å². The predicted octanol–water partition coefficient (Wildman–Crippen LogP) is 2.39. The summed E-state index contributed by atoms with van der Waals surface area (Å²) in [6.45, 7) is 7.91. The van der Waals surface area contributed by atoms with Crippen LogP contribution in [-0.4, -0.2) is 59.9 Å². The molecule has 0 aromatic heterocycles. The first-order valence-electron chi connectivity index (χ1n) is 8.44. The molecule has 1 heterocycles. The summed E-state index contributed by atoms with van der Waals surface area (Å²) in [6, 6.07) is 0. The molecule has 0 aromatic carbocycles. The van der Waals surface area contributed by atoms with Gasteiger partial charge in [-0.3, -0.25) is 4.90 Å². The van der Waals surface area contributed by atoms with Gasteiger partial charge in [0.05, 0.1) is 13.2 Å². The standard InChI is InChI=1S/C17H29NO5/c1-3-5-13(2)12-15(17(21)22)14(16(19)20)6-4-7-18-8-10-23-11-9-18/h13H,3-12H2,1-2H3,(H,19,20)(H,21,22). The Bertz CT molecular complexity index is 427. The van der Waals surface area contributed by atoms with E-state index in [0.29, 0.717) is 32.5 Å². The summed E-state index contributed by atoms with van der Waals surface area (Å²) in [5.41, 5.74) is 0.133. The van der Waals surface area contributed by atoms with Crippen molar-refractivity contribution in [1.82, 2.24) is 4.90 Å². The highest BCUT2D eigenvalue weighted by Gasteiger charge is 2.22. The molecule has 0 amide bonds. The first-order valence-corrected chi connectivity index (χ1v) is 8.44. The van der Waals surface area contributed by atoms with Gasteiger partial charge in [0.15, 0.2) is 0 Å². The molecule has 0 aromatic rings. The molecule has 1 fully saturated rings. The summed E-state index contributed by atoms with van der Waals surface area (Å²) in [5, 5.41) is 18.8. The van der Waals surface area contributed by atoms with Gasteiger partial charge in [-0.25, -0.2) is 9.59 Å². The highest BCUT2D eigenvalue weighted by molar-refractivity contribution is 5.98. The van der Waals surface area contributed by atoms with E-state index in [0.717, 1.165) is 32.5 Å². The highest BCUT2D eigenvalue weighted by Crippen LogP contribution is 2.22. The summed E-state index contributed by atoms with van der Waals surface area (Å²) in [4.78, 5) is 25.2. The van der Waals surface area contributed by atoms with Crippen LogP contribution in [0.15, 0.2) is 11.1 Å². The first kappa shape index (κ1) is 19.6.